The van der Waals surface area contributed by atoms with Crippen molar-refractivity contribution >= 4 is 77.3 Å². The van der Waals surface area contributed by atoms with Crippen molar-refractivity contribution in [2.24, 2.45) is 0 Å². The summed E-state index contributed by atoms with van der Waals surface area (Å²) in [6.07, 6.45) is 0. The summed E-state index contributed by atoms with van der Waals surface area (Å²) in [5, 5.41) is 0. The molecule has 2 saturated heterocycles. The largest absolute Gasteiger partial charge is 0.449 e. The molecular weight excluding hydrogens is 717 g/mol. The Morgan fingerprint density at radius 1 is 0.533 bits per heavy atom. The second-order valence-corrected chi connectivity index (χ2v) is 43.1. The molecule has 2 aliphatic rings. The molecular formula is C28H60O8Si9. The Bertz CT molecular complexity index is 1030. The smallest absolute Gasteiger partial charge is 0.344 e. The van der Waals surface area contributed by atoms with E-state index in [2.05, 4.69) is 92.3 Å². The van der Waals surface area contributed by atoms with E-state index in [4.69, 9.17) is 32.9 Å². The van der Waals surface area contributed by atoms with Crippen molar-refractivity contribution in [1.29, 1.82) is 0 Å². The summed E-state index contributed by atoms with van der Waals surface area (Å²) in [5.41, 5.74) is 14.6. The van der Waals surface area contributed by atoms with Crippen LogP contribution in [0.3, 0.4) is 0 Å². The third-order valence-electron chi connectivity index (χ3n) is 6.95. The van der Waals surface area contributed by atoms with Crippen LogP contribution in [0.15, 0.2) is 98.2 Å². The molecule has 0 aromatic carbocycles. The number of rotatable bonds is 11. The molecule has 0 N–H and O–H groups in total. The van der Waals surface area contributed by atoms with Crippen LogP contribution in [0.4, 0.5) is 0 Å². The molecule has 2 heterocycles. The molecule has 256 valence electrons. The molecule has 0 aromatic rings. The highest BCUT2D eigenvalue weighted by Crippen LogP contribution is 2.32. The minimum atomic E-state index is -2.49. The van der Waals surface area contributed by atoms with Crippen LogP contribution in [0.25, 0.3) is 0 Å². The van der Waals surface area contributed by atoms with E-state index in [1.54, 1.807) is 34.2 Å². The van der Waals surface area contributed by atoms with Crippen LogP contribution in [-0.4, -0.2) is 77.3 Å². The zero-order valence-electron chi connectivity index (χ0n) is 29.8. The summed E-state index contributed by atoms with van der Waals surface area (Å²) >= 11 is 0. The molecule has 0 amide bonds. The fraction of sp³-hybridized carbons (Fsp3) is 0.429. The van der Waals surface area contributed by atoms with Crippen molar-refractivity contribution < 1.29 is 32.9 Å². The lowest BCUT2D eigenvalue weighted by Crippen LogP contribution is -2.65. The predicted molar refractivity (Wildman–Crippen MR) is 213 cm³/mol. The van der Waals surface area contributed by atoms with Gasteiger partial charge in [0.15, 0.2) is 16.6 Å². The second-order valence-electron chi connectivity index (χ2n) is 12.7. The molecule has 2 aliphatic heterocycles. The molecule has 2 rings (SSSR count). The van der Waals surface area contributed by atoms with Gasteiger partial charge in [0.1, 0.15) is 0 Å². The first-order valence-corrected chi connectivity index (χ1v) is 37.1. The quantitative estimate of drug-likeness (QED) is 0.196. The fourth-order valence-electron chi connectivity index (χ4n) is 4.11. The minimum absolute atomic E-state index is 0.847. The second kappa shape index (κ2) is 17.3. The van der Waals surface area contributed by atoms with Gasteiger partial charge in [-0.25, -0.2) is 0 Å². The van der Waals surface area contributed by atoms with Gasteiger partial charge in [-0.15, -0.1) is 52.6 Å². The van der Waals surface area contributed by atoms with Crippen LogP contribution >= 0.6 is 0 Å². The Balaban J connectivity index is 0.000000671. The SMILES string of the molecule is C=C[SiH]1O[Si](C)(C=C)O[Si](C)(C=C)O[Si](C)(CC)O1.C=C[Si](C)(C)O[Si](C)(C)C=C.C=C[Si]1(C)O[Si](C)(C=C)O[Si](C)(C=C)O1. The van der Waals surface area contributed by atoms with Gasteiger partial charge in [-0.05, 0) is 71.5 Å². The van der Waals surface area contributed by atoms with Gasteiger partial charge in [0.05, 0.1) is 0 Å². The number of hydrogen-bond donors (Lipinski definition) is 0. The maximum Gasteiger partial charge on any atom is 0.344 e. The molecule has 4 atom stereocenters. The van der Waals surface area contributed by atoms with Gasteiger partial charge in [0, 0.05) is 0 Å². The highest BCUT2D eigenvalue weighted by Gasteiger charge is 2.53. The molecule has 0 aromatic heterocycles. The van der Waals surface area contributed by atoms with Crippen molar-refractivity contribution in [3.05, 3.63) is 98.2 Å². The van der Waals surface area contributed by atoms with Gasteiger partial charge in [-0.3, -0.25) is 0 Å². The average molecular weight is 778 g/mol. The Hall–Kier alpha value is -0.448. The molecule has 8 nitrogen and oxygen atoms in total. The molecule has 4 unspecified atom stereocenters. The standard InChI is InChI=1S/C11H24O4Si4.C9H18O3Si3.C8H18OSi2/c1-8-16-12-17(5,9-2)14-19(7,11-4)15-18(6,10-3)13-16;1-7-13(4)10-14(5,8-2)12-15(6,9-3)11-13;1-7-10(3,4)9-11(5,6)8-2/h8-9,11,16H,1-2,4,10H2,3,5-7H3;7-9H,1-3H2,4-6H3;7-8H,1-2H2,3-6H3. The first-order chi connectivity index (χ1) is 20.4. The van der Waals surface area contributed by atoms with Crippen LogP contribution in [0.5, 0.6) is 0 Å². The van der Waals surface area contributed by atoms with Gasteiger partial charge < -0.3 is 32.9 Å². The van der Waals surface area contributed by atoms with Crippen LogP contribution in [0.1, 0.15) is 6.92 Å². The summed E-state index contributed by atoms with van der Waals surface area (Å²) in [6.45, 7) is 53.0. The first-order valence-electron chi connectivity index (χ1n) is 15.0. The topological polar surface area (TPSA) is 73.8 Å². The lowest BCUT2D eigenvalue weighted by molar-refractivity contribution is 0.249. The highest BCUT2D eigenvalue weighted by atomic mass is 28.5. The zero-order chi connectivity index (χ0) is 35.6. The van der Waals surface area contributed by atoms with Gasteiger partial charge >= 0.3 is 60.6 Å². The van der Waals surface area contributed by atoms with Crippen molar-refractivity contribution in [2.75, 3.05) is 0 Å². The van der Waals surface area contributed by atoms with Crippen molar-refractivity contribution in [3.8, 4) is 0 Å². The molecule has 0 radical (unpaired) electrons. The molecule has 0 aliphatic carbocycles. The lowest BCUT2D eigenvalue weighted by Gasteiger charge is -2.46. The monoisotopic (exact) mass is 776 g/mol. The van der Waals surface area contributed by atoms with E-state index in [1.165, 1.54) is 0 Å². The van der Waals surface area contributed by atoms with Gasteiger partial charge in [-0.1, -0.05) is 52.5 Å². The van der Waals surface area contributed by atoms with E-state index >= 15 is 0 Å². The summed E-state index contributed by atoms with van der Waals surface area (Å²) in [6, 6.07) is 0.847. The summed E-state index contributed by atoms with van der Waals surface area (Å²) in [7, 11) is -19.3. The van der Waals surface area contributed by atoms with Crippen LogP contribution in [0.2, 0.25) is 71.5 Å². The maximum absolute atomic E-state index is 6.30. The van der Waals surface area contributed by atoms with Crippen molar-refractivity contribution in [2.45, 2.75) is 78.4 Å². The first kappa shape index (κ1) is 44.6. The van der Waals surface area contributed by atoms with Gasteiger partial charge in [0.2, 0.25) is 0 Å². The average Bonchev–Trinajstić information content (AvgIpc) is 2.95. The lowest BCUT2D eigenvalue weighted by atomic mass is 11.0. The molecule has 17 heteroatoms. The van der Waals surface area contributed by atoms with Crippen molar-refractivity contribution in [3.63, 3.8) is 0 Å². The van der Waals surface area contributed by atoms with E-state index in [9.17, 15) is 0 Å². The number of hydrogen-bond acceptors (Lipinski definition) is 8. The summed E-state index contributed by atoms with van der Waals surface area (Å²) in [4.78, 5) is 0. The van der Waals surface area contributed by atoms with E-state index in [0.717, 1.165) is 6.04 Å². The normalized spacial score (nSPS) is 36.9. The van der Waals surface area contributed by atoms with Gasteiger partial charge in [-0.2, -0.15) is 0 Å². The third-order valence-corrected chi connectivity index (χ3v) is 40.5. The van der Waals surface area contributed by atoms with E-state index in [-0.39, 0.29) is 0 Å². The Morgan fingerprint density at radius 2 is 0.844 bits per heavy atom. The third kappa shape index (κ3) is 14.7. The van der Waals surface area contributed by atoms with Crippen LogP contribution in [0, 0.1) is 0 Å². The Morgan fingerprint density at radius 3 is 1.11 bits per heavy atom. The fourth-order valence-corrected chi connectivity index (χ4v) is 39.8. The van der Waals surface area contributed by atoms with E-state index in [0.29, 0.717) is 0 Å². The molecule has 0 saturated carbocycles. The molecule has 0 bridgehead atoms. The van der Waals surface area contributed by atoms with Crippen LogP contribution < -0.4 is 0 Å². The summed E-state index contributed by atoms with van der Waals surface area (Å²) < 4.78 is 48.6. The minimum Gasteiger partial charge on any atom is -0.449 e. The Kier molecular flexibility index (Phi) is 17.1. The van der Waals surface area contributed by atoms with Crippen LogP contribution in [-0.2, 0) is 32.9 Å². The summed E-state index contributed by atoms with van der Waals surface area (Å²) in [5.74, 6) is 0. The van der Waals surface area contributed by atoms with Gasteiger partial charge in [0.25, 0.3) is 0 Å². The predicted octanol–water partition coefficient (Wildman–Crippen LogP) is 8.00. The molecule has 0 spiro atoms. The zero-order valence-corrected chi connectivity index (χ0v) is 39.0. The molecule has 2 fully saturated rings. The van der Waals surface area contributed by atoms with Crippen molar-refractivity contribution in [1.82, 2.24) is 0 Å². The van der Waals surface area contributed by atoms with E-state index < -0.39 is 77.3 Å². The highest BCUT2D eigenvalue weighted by molar-refractivity contribution is 6.98. The Labute approximate surface area is 285 Å². The maximum atomic E-state index is 6.30. The van der Waals surface area contributed by atoms with E-state index in [1.807, 2.05) is 44.1 Å². The molecule has 45 heavy (non-hydrogen) atoms.